The number of anilines is 1. The maximum Gasteiger partial charge on any atom is 0.356 e. The van der Waals surface area contributed by atoms with Crippen LogP contribution in [0.1, 0.15) is 16.9 Å². The largest absolute Gasteiger partial charge is 0.464 e. The molecule has 2 saturated heterocycles. The van der Waals surface area contributed by atoms with E-state index in [0.29, 0.717) is 31.9 Å². The Hall–Kier alpha value is -2.58. The van der Waals surface area contributed by atoms with Gasteiger partial charge in [-0.2, -0.15) is 5.10 Å². The molecule has 0 saturated carbocycles. The zero-order valence-corrected chi connectivity index (χ0v) is 13.0. The molecule has 0 radical (unpaired) electrons. The molecule has 3 heterocycles. The molecule has 9 nitrogen and oxygen atoms in total. The summed E-state index contributed by atoms with van der Waals surface area (Å²) in [7, 11) is 2.89. The summed E-state index contributed by atoms with van der Waals surface area (Å²) >= 11 is 0. The van der Waals surface area contributed by atoms with E-state index in [4.69, 9.17) is 0 Å². The maximum absolute atomic E-state index is 12.3. The van der Waals surface area contributed by atoms with Crippen molar-refractivity contribution in [2.45, 2.75) is 6.42 Å². The number of rotatable bonds is 2. The van der Waals surface area contributed by atoms with Crippen LogP contribution < -0.4 is 10.6 Å². The molecule has 3 rings (SSSR count). The van der Waals surface area contributed by atoms with Crippen molar-refractivity contribution in [1.29, 1.82) is 0 Å². The number of aryl methyl sites for hydroxylation is 1. The molecule has 0 spiro atoms. The van der Waals surface area contributed by atoms with Crippen LogP contribution in [0.3, 0.4) is 0 Å². The van der Waals surface area contributed by atoms with Crippen molar-refractivity contribution < 1.29 is 19.1 Å². The number of nitrogens with zero attached hydrogens (tertiary/aromatic N) is 3. The molecule has 0 unspecified atom stereocenters. The molecule has 0 bridgehead atoms. The van der Waals surface area contributed by atoms with Gasteiger partial charge >= 0.3 is 12.0 Å². The lowest BCUT2D eigenvalue weighted by atomic mass is 9.88. The van der Waals surface area contributed by atoms with Crippen molar-refractivity contribution >= 4 is 23.7 Å². The van der Waals surface area contributed by atoms with E-state index < -0.39 is 5.97 Å². The van der Waals surface area contributed by atoms with Gasteiger partial charge in [-0.1, -0.05) is 0 Å². The van der Waals surface area contributed by atoms with Crippen LogP contribution in [0.5, 0.6) is 0 Å². The number of aromatic nitrogens is 2. The number of fused-ring (bicyclic) bond motifs is 1. The summed E-state index contributed by atoms with van der Waals surface area (Å²) in [5.74, 6) is 0.0381. The van der Waals surface area contributed by atoms with Crippen molar-refractivity contribution in [2.24, 2.45) is 18.9 Å². The van der Waals surface area contributed by atoms with Gasteiger partial charge in [0, 0.05) is 44.6 Å². The Morgan fingerprint density at radius 3 is 3.00 bits per heavy atom. The summed E-state index contributed by atoms with van der Waals surface area (Å²) in [6, 6.07) is 1.19. The normalized spacial score (nSPS) is 23.2. The van der Waals surface area contributed by atoms with E-state index in [0.717, 1.165) is 0 Å². The molecule has 2 fully saturated rings. The lowest BCUT2D eigenvalue weighted by Crippen LogP contribution is -2.45. The van der Waals surface area contributed by atoms with Gasteiger partial charge in [0.2, 0.25) is 5.91 Å². The van der Waals surface area contributed by atoms with Gasteiger partial charge in [-0.25, -0.2) is 9.59 Å². The number of piperidine rings is 1. The molecule has 2 aliphatic heterocycles. The quantitative estimate of drug-likeness (QED) is 0.734. The highest BCUT2D eigenvalue weighted by Crippen LogP contribution is 2.27. The summed E-state index contributed by atoms with van der Waals surface area (Å²) in [5, 5.41) is 9.60. The number of amides is 3. The highest BCUT2D eigenvalue weighted by molar-refractivity contribution is 5.92. The van der Waals surface area contributed by atoms with Gasteiger partial charge in [-0.05, 0) is 6.42 Å². The maximum atomic E-state index is 12.3. The number of methoxy groups -OCH3 is 1. The Kier molecular flexibility index (Phi) is 3.93. The molecule has 3 amide bonds. The first kappa shape index (κ1) is 15.3. The molecule has 0 aliphatic carbocycles. The first-order valence-electron chi connectivity index (χ1n) is 7.45. The molecule has 2 atom stereocenters. The van der Waals surface area contributed by atoms with E-state index in [1.165, 1.54) is 17.9 Å². The van der Waals surface area contributed by atoms with Gasteiger partial charge in [0.05, 0.1) is 7.11 Å². The molecule has 9 heteroatoms. The van der Waals surface area contributed by atoms with Gasteiger partial charge in [-0.15, -0.1) is 0 Å². The van der Waals surface area contributed by atoms with Crippen molar-refractivity contribution in [3.8, 4) is 0 Å². The third-order valence-electron chi connectivity index (χ3n) is 4.41. The summed E-state index contributed by atoms with van der Waals surface area (Å²) in [6.07, 6.45) is 0.666. The topological polar surface area (TPSA) is 106 Å². The predicted molar refractivity (Wildman–Crippen MR) is 79.7 cm³/mol. The fourth-order valence-corrected chi connectivity index (χ4v) is 3.14. The average Bonchev–Trinajstić information content (AvgIpc) is 3.09. The van der Waals surface area contributed by atoms with Gasteiger partial charge in [0.25, 0.3) is 0 Å². The average molecular weight is 321 g/mol. The Balaban J connectivity index is 1.64. The number of nitrogens with one attached hydrogen (secondary N) is 2. The summed E-state index contributed by atoms with van der Waals surface area (Å²) in [5.41, 5.74) is 0.257. The van der Waals surface area contributed by atoms with E-state index in [2.05, 4.69) is 20.5 Å². The van der Waals surface area contributed by atoms with E-state index in [1.807, 2.05) is 0 Å². The molecular formula is C14H19N5O4. The summed E-state index contributed by atoms with van der Waals surface area (Å²) in [6.45, 7) is 1.67. The molecular weight excluding hydrogens is 302 g/mol. The Morgan fingerprint density at radius 1 is 1.48 bits per heavy atom. The Labute approximate surface area is 132 Å². The van der Waals surface area contributed by atoms with Crippen LogP contribution in [-0.2, 0) is 16.6 Å². The number of carbonyl (C=O) groups is 3. The van der Waals surface area contributed by atoms with E-state index in [9.17, 15) is 14.4 Å². The van der Waals surface area contributed by atoms with Crippen LogP contribution in [0.4, 0.5) is 10.6 Å². The highest BCUT2D eigenvalue weighted by Gasteiger charge is 2.40. The number of urea groups is 1. The van der Waals surface area contributed by atoms with Crippen LogP contribution >= 0.6 is 0 Å². The van der Waals surface area contributed by atoms with Gasteiger partial charge in [0.15, 0.2) is 5.82 Å². The minimum Gasteiger partial charge on any atom is -0.464 e. The van der Waals surface area contributed by atoms with Gasteiger partial charge in [0.1, 0.15) is 5.69 Å². The smallest absolute Gasteiger partial charge is 0.356 e. The van der Waals surface area contributed by atoms with Crippen molar-refractivity contribution in [3.05, 3.63) is 11.8 Å². The minimum absolute atomic E-state index is 0.0137. The third kappa shape index (κ3) is 2.86. The fourth-order valence-electron chi connectivity index (χ4n) is 3.14. The monoisotopic (exact) mass is 321 g/mol. The first-order chi connectivity index (χ1) is 11.0. The fraction of sp³-hybridized carbons (Fsp3) is 0.571. The van der Waals surface area contributed by atoms with Crippen molar-refractivity contribution in [2.75, 3.05) is 32.1 Å². The molecule has 1 aromatic heterocycles. The number of hydrogen-bond donors (Lipinski definition) is 2. The Bertz CT molecular complexity index is 656. The molecule has 1 aromatic rings. The number of likely N-dealkylation sites (tertiary alicyclic amines) is 1. The van der Waals surface area contributed by atoms with E-state index in [-0.39, 0.29) is 29.5 Å². The number of esters is 1. The van der Waals surface area contributed by atoms with Crippen LogP contribution in [0.25, 0.3) is 0 Å². The van der Waals surface area contributed by atoms with Crippen LogP contribution in [0.2, 0.25) is 0 Å². The van der Waals surface area contributed by atoms with E-state index >= 15 is 0 Å². The second-order valence-corrected chi connectivity index (χ2v) is 5.81. The SMILES string of the molecule is COC(=O)c1cc(NC(=O)N2CC[C@H]3C(=O)NC[C@H]3C2)nn1C. The standard InChI is InChI=1S/C14H19N5O4/c1-18-10(13(21)23-2)5-11(17-18)16-14(22)19-4-3-9-8(7-19)6-15-12(9)20/h5,8-9H,3-4,6-7H2,1-2H3,(H,15,20)(H,16,17,22)/t8-,9+/m0/s1. The van der Waals surface area contributed by atoms with Crippen LogP contribution in [0, 0.1) is 11.8 Å². The zero-order valence-electron chi connectivity index (χ0n) is 13.0. The Morgan fingerprint density at radius 2 is 2.26 bits per heavy atom. The van der Waals surface area contributed by atoms with Crippen LogP contribution in [0.15, 0.2) is 6.07 Å². The number of hydrogen-bond acceptors (Lipinski definition) is 5. The second kappa shape index (κ2) is 5.90. The third-order valence-corrected chi connectivity index (χ3v) is 4.41. The number of ether oxygens (including phenoxy) is 1. The van der Waals surface area contributed by atoms with Crippen molar-refractivity contribution in [1.82, 2.24) is 20.0 Å². The summed E-state index contributed by atoms with van der Waals surface area (Å²) < 4.78 is 6.00. The highest BCUT2D eigenvalue weighted by atomic mass is 16.5. The molecule has 23 heavy (non-hydrogen) atoms. The molecule has 0 aromatic carbocycles. The second-order valence-electron chi connectivity index (χ2n) is 5.81. The lowest BCUT2D eigenvalue weighted by molar-refractivity contribution is -0.123. The van der Waals surface area contributed by atoms with Crippen molar-refractivity contribution in [3.63, 3.8) is 0 Å². The number of carbonyl (C=O) groups excluding carboxylic acids is 3. The minimum atomic E-state index is -0.517. The van der Waals surface area contributed by atoms with Gasteiger partial charge < -0.3 is 15.0 Å². The molecule has 2 N–H and O–H groups in total. The van der Waals surface area contributed by atoms with Crippen LogP contribution in [-0.4, -0.2) is 59.3 Å². The first-order valence-corrected chi connectivity index (χ1v) is 7.45. The lowest BCUT2D eigenvalue weighted by Gasteiger charge is -2.33. The molecule has 2 aliphatic rings. The summed E-state index contributed by atoms with van der Waals surface area (Å²) in [4.78, 5) is 37.2. The zero-order chi connectivity index (χ0) is 16.6. The van der Waals surface area contributed by atoms with E-state index in [1.54, 1.807) is 11.9 Å². The van der Waals surface area contributed by atoms with Gasteiger partial charge in [-0.3, -0.25) is 14.8 Å². The molecule has 124 valence electrons. The predicted octanol–water partition coefficient (Wildman–Crippen LogP) is -0.193.